The molecule has 1 aliphatic rings. The first-order chi connectivity index (χ1) is 28.7. The SMILES string of the molecule is Nc1ccc2cc(-c3ccc(-c4ccc(N(c5ccccc5)c5ccc(-c6ccccc6)cc5)cc4)c4ccccc34)ccc2c1OCc1ccc2c(c1)CCC=C2. The maximum Gasteiger partial charge on any atom is 0.150 e. The van der Waals surface area contributed by atoms with Crippen LogP contribution < -0.4 is 15.4 Å². The molecule has 1 aliphatic carbocycles. The van der Waals surface area contributed by atoms with Gasteiger partial charge >= 0.3 is 0 Å². The Hall–Kier alpha value is -7.36. The number of nitrogen functional groups attached to an aromatic ring is 1. The van der Waals surface area contributed by atoms with E-state index in [4.69, 9.17) is 10.5 Å². The molecule has 2 N–H and O–H groups in total. The highest BCUT2D eigenvalue weighted by atomic mass is 16.5. The Morgan fingerprint density at radius 1 is 0.483 bits per heavy atom. The molecule has 9 aromatic rings. The highest BCUT2D eigenvalue weighted by molar-refractivity contribution is 6.06. The average Bonchev–Trinajstić information content (AvgIpc) is 3.29. The Morgan fingerprint density at radius 2 is 1.09 bits per heavy atom. The predicted molar refractivity (Wildman–Crippen MR) is 245 cm³/mol. The van der Waals surface area contributed by atoms with Crippen molar-refractivity contribution in [3.8, 4) is 39.1 Å². The van der Waals surface area contributed by atoms with Gasteiger partial charge in [-0.25, -0.2) is 0 Å². The minimum atomic E-state index is 0.473. The summed E-state index contributed by atoms with van der Waals surface area (Å²) in [6.45, 7) is 0.473. The van der Waals surface area contributed by atoms with Gasteiger partial charge in [0.25, 0.3) is 0 Å². The molecular weight excluding hydrogens is 705 g/mol. The van der Waals surface area contributed by atoms with E-state index >= 15 is 0 Å². The quantitative estimate of drug-likeness (QED) is 0.150. The number of nitrogens with zero attached hydrogens (tertiary/aromatic N) is 1. The molecule has 0 saturated carbocycles. The van der Waals surface area contributed by atoms with E-state index in [1.807, 2.05) is 6.07 Å². The smallest absolute Gasteiger partial charge is 0.150 e. The fourth-order valence-electron chi connectivity index (χ4n) is 8.43. The van der Waals surface area contributed by atoms with Crippen LogP contribution in [0.5, 0.6) is 5.75 Å². The van der Waals surface area contributed by atoms with Crippen molar-refractivity contribution in [2.75, 3.05) is 10.6 Å². The number of hydrogen-bond acceptors (Lipinski definition) is 3. The first kappa shape index (κ1) is 35.1. The van der Waals surface area contributed by atoms with E-state index in [-0.39, 0.29) is 0 Å². The van der Waals surface area contributed by atoms with Gasteiger partial charge in [0.1, 0.15) is 6.61 Å². The Bertz CT molecular complexity index is 2930. The zero-order valence-corrected chi connectivity index (χ0v) is 32.2. The van der Waals surface area contributed by atoms with Crippen molar-refractivity contribution in [2.24, 2.45) is 0 Å². The van der Waals surface area contributed by atoms with Crippen LogP contribution in [0.3, 0.4) is 0 Å². The van der Waals surface area contributed by atoms with Crippen molar-refractivity contribution in [3.05, 3.63) is 217 Å². The molecule has 3 heteroatoms. The molecule has 0 fully saturated rings. The lowest BCUT2D eigenvalue weighted by Gasteiger charge is -2.26. The molecule has 0 aliphatic heterocycles. The van der Waals surface area contributed by atoms with E-state index in [2.05, 4.69) is 205 Å². The summed E-state index contributed by atoms with van der Waals surface area (Å²) in [4.78, 5) is 2.31. The topological polar surface area (TPSA) is 38.5 Å². The van der Waals surface area contributed by atoms with E-state index in [0.29, 0.717) is 12.3 Å². The standard InChI is InChI=1S/C55H42N2O/c56-54-34-26-45-36-44(25-31-51(45)55(54)58-37-38-19-20-40-13-7-8-14-43(40)35-38)50-33-32-49(52-17-9-10-18-53(50)52)42-23-29-48(30-24-42)57(46-15-5-2-6-16-46)47-27-21-41(22-28-47)39-11-3-1-4-12-39/h1-7,9-13,15-36H,8,14,37,56H2. The normalized spacial score (nSPS) is 12.1. The van der Waals surface area contributed by atoms with Crippen LogP contribution in [0, 0.1) is 0 Å². The number of rotatable bonds is 9. The van der Waals surface area contributed by atoms with Crippen LogP contribution in [0.2, 0.25) is 0 Å². The molecule has 0 amide bonds. The summed E-state index contributed by atoms with van der Waals surface area (Å²) >= 11 is 0. The Labute approximate surface area is 339 Å². The second kappa shape index (κ2) is 15.3. The van der Waals surface area contributed by atoms with Crippen LogP contribution in [0.1, 0.15) is 23.1 Å². The van der Waals surface area contributed by atoms with Crippen molar-refractivity contribution in [1.29, 1.82) is 0 Å². The summed E-state index contributed by atoms with van der Waals surface area (Å²) in [6, 6.07) is 69.4. The van der Waals surface area contributed by atoms with Crippen molar-refractivity contribution in [3.63, 3.8) is 0 Å². The van der Waals surface area contributed by atoms with Gasteiger partial charge in [-0.2, -0.15) is 0 Å². The van der Waals surface area contributed by atoms with Gasteiger partial charge in [0.15, 0.2) is 5.75 Å². The summed E-state index contributed by atoms with van der Waals surface area (Å²) in [6.07, 6.45) is 6.61. The number of para-hydroxylation sites is 1. The number of fused-ring (bicyclic) bond motifs is 3. The van der Waals surface area contributed by atoms with E-state index < -0.39 is 0 Å². The Kier molecular flexibility index (Phi) is 9.25. The van der Waals surface area contributed by atoms with Crippen LogP contribution in [-0.2, 0) is 13.0 Å². The number of aryl methyl sites for hydroxylation is 1. The lowest BCUT2D eigenvalue weighted by Crippen LogP contribution is -2.09. The van der Waals surface area contributed by atoms with Crippen molar-refractivity contribution in [2.45, 2.75) is 19.4 Å². The fourth-order valence-corrected chi connectivity index (χ4v) is 8.43. The van der Waals surface area contributed by atoms with E-state index in [1.54, 1.807) is 0 Å². The average molecular weight is 747 g/mol. The number of allylic oxidation sites excluding steroid dienone is 1. The monoisotopic (exact) mass is 746 g/mol. The van der Waals surface area contributed by atoms with Crippen LogP contribution in [0.25, 0.3) is 61.0 Å². The molecule has 0 spiro atoms. The number of ether oxygens (including phenoxy) is 1. The first-order valence-electron chi connectivity index (χ1n) is 20.0. The highest BCUT2D eigenvalue weighted by Gasteiger charge is 2.16. The molecule has 0 bridgehead atoms. The summed E-state index contributed by atoms with van der Waals surface area (Å²) in [5.41, 5.74) is 21.5. The zero-order valence-electron chi connectivity index (χ0n) is 32.2. The van der Waals surface area contributed by atoms with Crippen molar-refractivity contribution >= 4 is 50.4 Å². The van der Waals surface area contributed by atoms with E-state index in [1.165, 1.54) is 49.7 Å². The molecule has 9 aromatic carbocycles. The molecular formula is C55H42N2O. The molecule has 0 aromatic heterocycles. The largest absolute Gasteiger partial charge is 0.486 e. The summed E-state index contributed by atoms with van der Waals surface area (Å²) in [5, 5.41) is 4.54. The molecule has 0 radical (unpaired) electrons. The third-order valence-electron chi connectivity index (χ3n) is 11.4. The molecule has 0 saturated heterocycles. The fraction of sp³-hybridized carbons (Fsp3) is 0.0545. The van der Waals surface area contributed by atoms with Crippen LogP contribution in [0.15, 0.2) is 200 Å². The van der Waals surface area contributed by atoms with Crippen molar-refractivity contribution in [1.82, 2.24) is 0 Å². The summed E-state index contributed by atoms with van der Waals surface area (Å²) in [5.74, 6) is 0.736. The maximum atomic E-state index is 6.53. The van der Waals surface area contributed by atoms with Gasteiger partial charge < -0.3 is 15.4 Å². The lowest BCUT2D eigenvalue weighted by atomic mass is 9.91. The Balaban J connectivity index is 0.951. The molecule has 0 heterocycles. The third kappa shape index (κ3) is 6.78. The van der Waals surface area contributed by atoms with Gasteiger partial charge in [-0.15, -0.1) is 0 Å². The predicted octanol–water partition coefficient (Wildman–Crippen LogP) is 14.6. The second-order valence-electron chi connectivity index (χ2n) is 15.0. The van der Waals surface area contributed by atoms with Crippen LogP contribution >= 0.6 is 0 Å². The van der Waals surface area contributed by atoms with Gasteiger partial charge in [-0.1, -0.05) is 152 Å². The first-order valence-corrected chi connectivity index (χ1v) is 20.0. The molecule has 0 unspecified atom stereocenters. The Morgan fingerprint density at radius 3 is 1.81 bits per heavy atom. The number of hydrogen-bond donors (Lipinski definition) is 1. The van der Waals surface area contributed by atoms with Crippen LogP contribution in [-0.4, -0.2) is 0 Å². The summed E-state index contributed by atoms with van der Waals surface area (Å²) in [7, 11) is 0. The third-order valence-corrected chi connectivity index (χ3v) is 11.4. The lowest BCUT2D eigenvalue weighted by molar-refractivity contribution is 0.311. The molecule has 3 nitrogen and oxygen atoms in total. The van der Waals surface area contributed by atoms with Gasteiger partial charge in [0.05, 0.1) is 5.69 Å². The van der Waals surface area contributed by atoms with E-state index in [9.17, 15) is 0 Å². The highest BCUT2D eigenvalue weighted by Crippen LogP contribution is 2.41. The molecule has 0 atom stereocenters. The van der Waals surface area contributed by atoms with Gasteiger partial charge in [0, 0.05) is 22.4 Å². The second-order valence-corrected chi connectivity index (χ2v) is 15.0. The molecule has 58 heavy (non-hydrogen) atoms. The zero-order chi connectivity index (χ0) is 38.8. The molecule has 278 valence electrons. The van der Waals surface area contributed by atoms with Crippen molar-refractivity contribution < 1.29 is 4.74 Å². The maximum absolute atomic E-state index is 6.53. The summed E-state index contributed by atoms with van der Waals surface area (Å²) < 4.78 is 6.46. The van der Waals surface area contributed by atoms with Gasteiger partial charge in [-0.3, -0.25) is 0 Å². The minimum absolute atomic E-state index is 0.473. The number of nitrogens with two attached hydrogens (primary N) is 1. The number of benzene rings is 9. The van der Waals surface area contributed by atoms with Gasteiger partial charge in [0.2, 0.25) is 0 Å². The number of anilines is 4. The minimum Gasteiger partial charge on any atom is -0.486 e. The van der Waals surface area contributed by atoms with Gasteiger partial charge in [-0.05, 0) is 134 Å². The molecule has 10 rings (SSSR count). The van der Waals surface area contributed by atoms with E-state index in [0.717, 1.165) is 57.6 Å². The van der Waals surface area contributed by atoms with Crippen LogP contribution in [0.4, 0.5) is 22.7 Å².